The number of aromatic nitrogens is 1. The van der Waals surface area contributed by atoms with Gasteiger partial charge in [-0.2, -0.15) is 0 Å². The molecule has 1 N–H and O–H groups in total. The fourth-order valence-electron chi connectivity index (χ4n) is 2.25. The predicted octanol–water partition coefficient (Wildman–Crippen LogP) is 3.37. The van der Waals surface area contributed by atoms with Gasteiger partial charge in [0.05, 0.1) is 12.8 Å². The van der Waals surface area contributed by atoms with E-state index in [0.717, 1.165) is 31.2 Å². The van der Waals surface area contributed by atoms with Gasteiger partial charge in [0.15, 0.2) is 0 Å². The molecule has 2 aromatic rings. The topological polar surface area (TPSA) is 41.3 Å². The second-order valence-electron chi connectivity index (χ2n) is 4.82. The molecule has 1 atom stereocenters. The van der Waals surface area contributed by atoms with Gasteiger partial charge in [0, 0.05) is 18.8 Å². The van der Waals surface area contributed by atoms with Gasteiger partial charge in [-0.05, 0) is 50.2 Å². The third-order valence-electron chi connectivity index (χ3n) is 3.41. The third-order valence-corrected chi connectivity index (χ3v) is 3.41. The van der Waals surface area contributed by atoms with Gasteiger partial charge in [-0.15, -0.1) is 0 Å². The molecule has 0 aliphatic heterocycles. The molecule has 0 saturated heterocycles. The van der Waals surface area contributed by atoms with Crippen molar-refractivity contribution in [3.63, 3.8) is 0 Å². The Kier molecular flexibility index (Phi) is 5.18. The SMILES string of the molecule is CCNC(C)c1ccnc(N(CC)Cc2ccco2)c1. The second kappa shape index (κ2) is 7.10. The summed E-state index contributed by atoms with van der Waals surface area (Å²) < 4.78 is 5.42. The predicted molar refractivity (Wildman–Crippen MR) is 81.8 cm³/mol. The molecule has 0 aliphatic rings. The van der Waals surface area contributed by atoms with E-state index in [2.05, 4.69) is 48.1 Å². The maximum Gasteiger partial charge on any atom is 0.129 e. The monoisotopic (exact) mass is 273 g/mol. The van der Waals surface area contributed by atoms with E-state index in [0.29, 0.717) is 6.04 Å². The van der Waals surface area contributed by atoms with E-state index in [1.165, 1.54) is 5.56 Å². The Morgan fingerprint density at radius 3 is 2.85 bits per heavy atom. The summed E-state index contributed by atoms with van der Waals surface area (Å²) in [6.07, 6.45) is 3.59. The molecular formula is C16H23N3O. The van der Waals surface area contributed by atoms with Gasteiger partial charge in [0.2, 0.25) is 0 Å². The van der Waals surface area contributed by atoms with E-state index in [1.807, 2.05) is 18.3 Å². The van der Waals surface area contributed by atoms with E-state index in [-0.39, 0.29) is 0 Å². The number of rotatable bonds is 7. The number of nitrogens with one attached hydrogen (secondary N) is 1. The summed E-state index contributed by atoms with van der Waals surface area (Å²) in [6.45, 7) is 9.02. The molecule has 0 spiro atoms. The van der Waals surface area contributed by atoms with E-state index < -0.39 is 0 Å². The molecule has 0 bridgehead atoms. The Morgan fingerprint density at radius 1 is 1.35 bits per heavy atom. The molecule has 108 valence electrons. The molecule has 0 aliphatic carbocycles. The van der Waals surface area contributed by atoms with Crippen molar-refractivity contribution in [3.05, 3.63) is 48.0 Å². The van der Waals surface area contributed by atoms with Crippen LogP contribution < -0.4 is 10.2 Å². The summed E-state index contributed by atoms with van der Waals surface area (Å²) in [5.74, 6) is 1.95. The number of nitrogens with zero attached hydrogens (tertiary/aromatic N) is 2. The maximum atomic E-state index is 5.42. The van der Waals surface area contributed by atoms with Crippen LogP contribution in [0.25, 0.3) is 0 Å². The van der Waals surface area contributed by atoms with Crippen molar-refractivity contribution in [3.8, 4) is 0 Å². The number of hydrogen-bond donors (Lipinski definition) is 1. The standard InChI is InChI=1S/C16H23N3O/c1-4-17-13(3)14-8-9-18-16(11-14)19(5-2)12-15-7-6-10-20-15/h6-11,13,17H,4-5,12H2,1-3H3. The van der Waals surface area contributed by atoms with Crippen LogP contribution in [0.2, 0.25) is 0 Å². The Hall–Kier alpha value is -1.81. The van der Waals surface area contributed by atoms with Gasteiger partial charge < -0.3 is 14.6 Å². The molecule has 4 heteroatoms. The van der Waals surface area contributed by atoms with E-state index in [4.69, 9.17) is 4.42 Å². The summed E-state index contributed by atoms with van der Waals surface area (Å²) in [5, 5.41) is 3.43. The molecule has 0 radical (unpaired) electrons. The number of hydrogen-bond acceptors (Lipinski definition) is 4. The normalized spacial score (nSPS) is 12.3. The highest BCUT2D eigenvalue weighted by atomic mass is 16.3. The average Bonchev–Trinajstić information content (AvgIpc) is 2.98. The van der Waals surface area contributed by atoms with Crippen LogP contribution in [0, 0.1) is 0 Å². The van der Waals surface area contributed by atoms with Crippen molar-refractivity contribution in [1.82, 2.24) is 10.3 Å². The quantitative estimate of drug-likeness (QED) is 0.839. The third kappa shape index (κ3) is 3.61. The summed E-state index contributed by atoms with van der Waals surface area (Å²) in [5.41, 5.74) is 1.26. The van der Waals surface area contributed by atoms with Crippen molar-refractivity contribution >= 4 is 5.82 Å². The molecule has 2 heterocycles. The summed E-state index contributed by atoms with van der Waals surface area (Å²) in [7, 11) is 0. The van der Waals surface area contributed by atoms with Crippen molar-refractivity contribution in [2.45, 2.75) is 33.4 Å². The van der Waals surface area contributed by atoms with Crippen LogP contribution in [-0.4, -0.2) is 18.1 Å². The minimum absolute atomic E-state index is 0.337. The molecule has 20 heavy (non-hydrogen) atoms. The van der Waals surface area contributed by atoms with Gasteiger partial charge in [0.25, 0.3) is 0 Å². The Balaban J connectivity index is 2.15. The highest BCUT2D eigenvalue weighted by Gasteiger charge is 2.11. The maximum absolute atomic E-state index is 5.42. The molecule has 0 saturated carbocycles. The zero-order valence-electron chi connectivity index (χ0n) is 12.5. The highest BCUT2D eigenvalue weighted by Crippen LogP contribution is 2.19. The second-order valence-corrected chi connectivity index (χ2v) is 4.82. The largest absolute Gasteiger partial charge is 0.467 e. The van der Waals surface area contributed by atoms with Gasteiger partial charge in [0.1, 0.15) is 11.6 Å². The fraction of sp³-hybridized carbons (Fsp3) is 0.438. The van der Waals surface area contributed by atoms with Crippen molar-refractivity contribution in [1.29, 1.82) is 0 Å². The molecule has 2 aromatic heterocycles. The van der Waals surface area contributed by atoms with Crippen molar-refractivity contribution in [2.75, 3.05) is 18.0 Å². The fourth-order valence-corrected chi connectivity index (χ4v) is 2.25. The van der Waals surface area contributed by atoms with Crippen LogP contribution in [0.4, 0.5) is 5.82 Å². The molecule has 4 nitrogen and oxygen atoms in total. The molecule has 0 amide bonds. The molecular weight excluding hydrogens is 250 g/mol. The van der Waals surface area contributed by atoms with Crippen LogP contribution in [0.5, 0.6) is 0 Å². The smallest absolute Gasteiger partial charge is 0.129 e. The Bertz CT molecular complexity index is 510. The number of anilines is 1. The number of pyridine rings is 1. The molecule has 0 fully saturated rings. The molecule has 0 aromatic carbocycles. The van der Waals surface area contributed by atoms with Crippen LogP contribution in [0.3, 0.4) is 0 Å². The van der Waals surface area contributed by atoms with Gasteiger partial charge in [-0.25, -0.2) is 4.98 Å². The molecule has 2 rings (SSSR count). The van der Waals surface area contributed by atoms with E-state index in [1.54, 1.807) is 6.26 Å². The minimum atomic E-state index is 0.337. The first-order valence-electron chi connectivity index (χ1n) is 7.21. The minimum Gasteiger partial charge on any atom is -0.467 e. The number of furan rings is 1. The van der Waals surface area contributed by atoms with Crippen LogP contribution >= 0.6 is 0 Å². The van der Waals surface area contributed by atoms with Crippen LogP contribution in [0.15, 0.2) is 41.1 Å². The Morgan fingerprint density at radius 2 is 2.20 bits per heavy atom. The first-order chi connectivity index (χ1) is 9.74. The lowest BCUT2D eigenvalue weighted by Gasteiger charge is -2.22. The van der Waals surface area contributed by atoms with E-state index in [9.17, 15) is 0 Å². The van der Waals surface area contributed by atoms with Crippen molar-refractivity contribution < 1.29 is 4.42 Å². The first kappa shape index (κ1) is 14.6. The van der Waals surface area contributed by atoms with Gasteiger partial charge in [-0.1, -0.05) is 6.92 Å². The first-order valence-corrected chi connectivity index (χ1v) is 7.21. The lowest BCUT2D eigenvalue weighted by Crippen LogP contribution is -2.24. The lowest BCUT2D eigenvalue weighted by atomic mass is 10.1. The van der Waals surface area contributed by atoms with Gasteiger partial charge >= 0.3 is 0 Å². The summed E-state index contributed by atoms with van der Waals surface area (Å²) in [4.78, 5) is 6.70. The zero-order chi connectivity index (χ0) is 14.4. The van der Waals surface area contributed by atoms with Crippen molar-refractivity contribution in [2.24, 2.45) is 0 Å². The van der Waals surface area contributed by atoms with Crippen LogP contribution in [-0.2, 0) is 6.54 Å². The summed E-state index contributed by atoms with van der Waals surface area (Å²) in [6, 6.07) is 8.47. The lowest BCUT2D eigenvalue weighted by molar-refractivity contribution is 0.502. The average molecular weight is 273 g/mol. The zero-order valence-corrected chi connectivity index (χ0v) is 12.5. The van der Waals surface area contributed by atoms with Gasteiger partial charge in [-0.3, -0.25) is 0 Å². The molecule has 1 unspecified atom stereocenters. The summed E-state index contributed by atoms with van der Waals surface area (Å²) >= 11 is 0. The van der Waals surface area contributed by atoms with E-state index >= 15 is 0 Å². The van der Waals surface area contributed by atoms with Crippen LogP contribution in [0.1, 0.15) is 38.1 Å². The highest BCUT2D eigenvalue weighted by molar-refractivity contribution is 5.42. The Labute approximate surface area is 120 Å².